The zero-order valence-corrected chi connectivity index (χ0v) is 15.1. The molecule has 19 heavy (non-hydrogen) atoms. The Morgan fingerprint density at radius 2 is 1.26 bits per heavy atom. The summed E-state index contributed by atoms with van der Waals surface area (Å²) < 4.78 is 39.4. The van der Waals surface area contributed by atoms with Gasteiger partial charge in [0.25, 0.3) is 0 Å². The van der Waals surface area contributed by atoms with E-state index in [1.54, 1.807) is 0 Å². The molecular weight excluding hydrogens is 357 g/mol. The molecule has 0 aromatic heterocycles. The van der Waals surface area contributed by atoms with Crippen LogP contribution in [0.15, 0.2) is 0 Å². The molecule has 2 saturated heterocycles. The number of hydrogen-bond donors (Lipinski definition) is 0. The standard InChI is InChI=1S/C10H20O6P2Se/c1-9(2)5-12-17(11,13-6-9)16-18(19)14-7-10(3,4)8-15-18/h5-8H2,1-4H3. The van der Waals surface area contributed by atoms with E-state index in [-0.39, 0.29) is 10.8 Å². The molecule has 0 spiro atoms. The zero-order valence-electron chi connectivity index (χ0n) is 11.6. The molecule has 0 amide bonds. The molecule has 0 atom stereocenters. The fourth-order valence-corrected chi connectivity index (χ4v) is 7.51. The third-order valence-corrected chi connectivity index (χ3v) is 8.62. The Balaban J connectivity index is 1.98. The van der Waals surface area contributed by atoms with Crippen LogP contribution >= 0.6 is 14.0 Å². The van der Waals surface area contributed by atoms with Crippen LogP contribution in [0.5, 0.6) is 0 Å². The summed E-state index contributed by atoms with van der Waals surface area (Å²) >= 11 is 2.74. The molecule has 0 radical (unpaired) electrons. The van der Waals surface area contributed by atoms with Crippen LogP contribution in [-0.4, -0.2) is 41.5 Å². The molecule has 2 aliphatic heterocycles. The molecular formula is C10H20O6P2Se. The summed E-state index contributed by atoms with van der Waals surface area (Å²) in [6.07, 6.45) is -2.76. The van der Waals surface area contributed by atoms with E-state index in [0.717, 1.165) is 0 Å². The van der Waals surface area contributed by atoms with Gasteiger partial charge in [0.05, 0.1) is 0 Å². The van der Waals surface area contributed by atoms with Crippen LogP contribution in [0.2, 0.25) is 0 Å². The summed E-state index contributed by atoms with van der Waals surface area (Å²) in [6.45, 7) is 9.55. The van der Waals surface area contributed by atoms with Gasteiger partial charge in [-0.3, -0.25) is 0 Å². The van der Waals surface area contributed by atoms with Gasteiger partial charge >= 0.3 is 121 Å². The number of phosphoric ester groups is 1. The van der Waals surface area contributed by atoms with Crippen molar-refractivity contribution in [3.63, 3.8) is 0 Å². The number of phosphoric acid groups is 1. The van der Waals surface area contributed by atoms with Crippen molar-refractivity contribution in [2.45, 2.75) is 27.7 Å². The van der Waals surface area contributed by atoms with Crippen molar-refractivity contribution in [3.05, 3.63) is 0 Å². The Bertz CT molecular complexity index is 381. The molecule has 2 fully saturated rings. The average molecular weight is 377 g/mol. The third-order valence-electron chi connectivity index (χ3n) is 2.65. The quantitative estimate of drug-likeness (QED) is 0.545. The second kappa shape index (κ2) is 5.31. The molecule has 2 heterocycles. The maximum atomic E-state index is 12.3. The Kier molecular flexibility index (Phi) is 4.57. The van der Waals surface area contributed by atoms with E-state index >= 15 is 0 Å². The van der Waals surface area contributed by atoms with Crippen LogP contribution in [0.3, 0.4) is 0 Å². The second-order valence-corrected chi connectivity index (χ2v) is 12.7. The normalized spacial score (nSPS) is 31.8. The first-order chi connectivity index (χ1) is 8.54. The van der Waals surface area contributed by atoms with Crippen LogP contribution in [0, 0.1) is 10.8 Å². The van der Waals surface area contributed by atoms with E-state index < -0.39 is 14.0 Å². The van der Waals surface area contributed by atoms with Gasteiger partial charge in [-0.2, -0.15) is 0 Å². The summed E-state index contributed by atoms with van der Waals surface area (Å²) in [5.41, 5.74) is -0.252. The van der Waals surface area contributed by atoms with Crippen molar-refractivity contribution in [2.75, 3.05) is 26.4 Å². The first-order valence-corrected chi connectivity index (χ1v) is 11.2. The van der Waals surface area contributed by atoms with Gasteiger partial charge in [-0.1, -0.05) is 0 Å². The van der Waals surface area contributed by atoms with Gasteiger partial charge in [-0.15, -0.1) is 0 Å². The predicted molar refractivity (Wildman–Crippen MR) is 72.7 cm³/mol. The van der Waals surface area contributed by atoms with Gasteiger partial charge in [0, 0.05) is 0 Å². The first-order valence-electron chi connectivity index (χ1n) is 6.03. The fourth-order valence-electron chi connectivity index (χ4n) is 1.39. The summed E-state index contributed by atoms with van der Waals surface area (Å²) in [5.74, 6) is 0. The Labute approximate surface area is 121 Å². The van der Waals surface area contributed by atoms with Crippen molar-refractivity contribution >= 4 is 29.1 Å². The van der Waals surface area contributed by atoms with Gasteiger partial charge in [-0.05, 0) is 0 Å². The summed E-state index contributed by atoms with van der Waals surface area (Å²) in [6, 6.07) is 0. The molecule has 0 aliphatic carbocycles. The van der Waals surface area contributed by atoms with Crippen LogP contribution in [0.4, 0.5) is 0 Å². The van der Waals surface area contributed by atoms with E-state index in [9.17, 15) is 4.57 Å². The molecule has 0 unspecified atom stereocenters. The topological polar surface area (TPSA) is 63.2 Å². The number of hydrogen-bond acceptors (Lipinski definition) is 6. The molecule has 2 aliphatic rings. The Morgan fingerprint density at radius 1 is 0.895 bits per heavy atom. The SMILES string of the molecule is CC1(C)COP(=O)(OP2(=[Se])OCC(C)(C)CO2)OC1. The van der Waals surface area contributed by atoms with Crippen molar-refractivity contribution in [1.29, 1.82) is 0 Å². The molecule has 0 N–H and O–H groups in total. The molecule has 0 aromatic carbocycles. The summed E-state index contributed by atoms with van der Waals surface area (Å²) in [4.78, 5) is 0. The van der Waals surface area contributed by atoms with Gasteiger partial charge in [0.1, 0.15) is 0 Å². The molecule has 112 valence electrons. The van der Waals surface area contributed by atoms with E-state index in [2.05, 4.69) is 15.1 Å². The minimum atomic E-state index is -3.60. The van der Waals surface area contributed by atoms with E-state index in [4.69, 9.17) is 22.4 Å². The van der Waals surface area contributed by atoms with Crippen molar-refractivity contribution in [3.8, 4) is 0 Å². The van der Waals surface area contributed by atoms with Crippen molar-refractivity contribution in [2.24, 2.45) is 10.8 Å². The second-order valence-electron chi connectivity index (χ2n) is 6.40. The van der Waals surface area contributed by atoms with Crippen LogP contribution in [0.25, 0.3) is 0 Å². The molecule has 6 nitrogen and oxygen atoms in total. The van der Waals surface area contributed by atoms with Crippen LogP contribution < -0.4 is 0 Å². The number of rotatable bonds is 2. The summed E-state index contributed by atoms with van der Waals surface area (Å²) in [7, 11) is -3.60. The van der Waals surface area contributed by atoms with Gasteiger partial charge in [0.2, 0.25) is 0 Å². The molecule has 2 rings (SSSR count). The third kappa shape index (κ3) is 4.47. The predicted octanol–water partition coefficient (Wildman–Crippen LogP) is 3.10. The average Bonchev–Trinajstić information content (AvgIpc) is 2.29. The van der Waals surface area contributed by atoms with Gasteiger partial charge < -0.3 is 0 Å². The first kappa shape index (κ1) is 16.4. The van der Waals surface area contributed by atoms with Gasteiger partial charge in [-0.25, -0.2) is 0 Å². The van der Waals surface area contributed by atoms with E-state index in [1.807, 2.05) is 27.7 Å². The van der Waals surface area contributed by atoms with E-state index in [0.29, 0.717) is 26.4 Å². The molecule has 0 aromatic rings. The Morgan fingerprint density at radius 3 is 1.68 bits per heavy atom. The fraction of sp³-hybridized carbons (Fsp3) is 1.00. The molecule has 9 heteroatoms. The molecule has 0 saturated carbocycles. The summed E-state index contributed by atoms with van der Waals surface area (Å²) in [5, 5.41) is 0. The zero-order chi connectivity index (χ0) is 14.4. The maximum absolute atomic E-state index is 12.3. The van der Waals surface area contributed by atoms with Gasteiger partial charge in [0.15, 0.2) is 0 Å². The van der Waals surface area contributed by atoms with Crippen LogP contribution in [-0.2, 0) is 27.0 Å². The minimum absolute atomic E-state index is 0.0819. The Hall–Kier alpha value is 0.979. The van der Waals surface area contributed by atoms with Crippen molar-refractivity contribution < 1.29 is 27.0 Å². The van der Waals surface area contributed by atoms with Crippen molar-refractivity contribution in [1.82, 2.24) is 0 Å². The van der Waals surface area contributed by atoms with E-state index in [1.165, 1.54) is 0 Å². The molecule has 0 bridgehead atoms. The van der Waals surface area contributed by atoms with Crippen LogP contribution in [0.1, 0.15) is 27.7 Å². The monoisotopic (exact) mass is 378 g/mol.